The summed E-state index contributed by atoms with van der Waals surface area (Å²) in [6.45, 7) is 3.27. The van der Waals surface area contributed by atoms with Crippen LogP contribution in [0.3, 0.4) is 0 Å². The molecule has 4 nitrogen and oxygen atoms in total. The van der Waals surface area contributed by atoms with Crippen LogP contribution >= 0.6 is 0 Å². The van der Waals surface area contributed by atoms with E-state index < -0.39 is 17.5 Å². The lowest BCUT2D eigenvalue weighted by Crippen LogP contribution is -2.16. The van der Waals surface area contributed by atoms with Gasteiger partial charge in [0.2, 0.25) is 0 Å². The van der Waals surface area contributed by atoms with E-state index in [2.05, 4.69) is 6.58 Å². The summed E-state index contributed by atoms with van der Waals surface area (Å²) in [4.78, 5) is 33.0. The number of allylic oxidation sites excluding steroid dienone is 1. The fourth-order valence-electron chi connectivity index (χ4n) is 1.12. The van der Waals surface area contributed by atoms with Gasteiger partial charge < -0.3 is 5.11 Å². The molecule has 15 heavy (non-hydrogen) atoms. The maximum atomic E-state index is 11.3. The minimum atomic E-state index is -1.58. The number of hydrogen-bond acceptors (Lipinski definition) is 3. The van der Waals surface area contributed by atoms with Crippen molar-refractivity contribution in [3.8, 4) is 0 Å². The second-order valence-electron chi connectivity index (χ2n) is 2.75. The van der Waals surface area contributed by atoms with E-state index in [4.69, 9.17) is 5.11 Å². The number of carboxylic acid groups (broad SMARTS) is 1. The third-order valence-corrected chi connectivity index (χ3v) is 1.82. The van der Waals surface area contributed by atoms with Gasteiger partial charge in [0, 0.05) is 11.1 Å². The molecule has 1 aromatic rings. The van der Waals surface area contributed by atoms with Crippen LogP contribution in [0.2, 0.25) is 0 Å². The largest absolute Gasteiger partial charge is 0.475 e. The van der Waals surface area contributed by atoms with Crippen LogP contribution in [0.15, 0.2) is 36.9 Å². The standard InChI is InChI=1S/C11H8O4/c1-2-9(12)7-5-3-4-6-8(7)10(13)11(14)15/h2-6H,1H2,(H,14,15). The second-order valence-corrected chi connectivity index (χ2v) is 2.75. The minimum absolute atomic E-state index is 0.0555. The fourth-order valence-corrected chi connectivity index (χ4v) is 1.12. The highest BCUT2D eigenvalue weighted by Gasteiger charge is 2.19. The molecule has 0 bridgehead atoms. The number of ketones is 2. The van der Waals surface area contributed by atoms with Gasteiger partial charge in [-0.25, -0.2) is 4.79 Å². The van der Waals surface area contributed by atoms with Gasteiger partial charge in [-0.15, -0.1) is 0 Å². The Morgan fingerprint density at radius 3 is 2.13 bits per heavy atom. The van der Waals surface area contributed by atoms with Crippen molar-refractivity contribution in [3.05, 3.63) is 48.0 Å². The first kappa shape index (κ1) is 10.8. The second kappa shape index (κ2) is 4.32. The number of benzene rings is 1. The van der Waals surface area contributed by atoms with Crippen LogP contribution in [0.4, 0.5) is 0 Å². The molecule has 0 heterocycles. The summed E-state index contributed by atoms with van der Waals surface area (Å²) in [5.74, 6) is -3.15. The molecule has 0 amide bonds. The van der Waals surface area contributed by atoms with Crippen molar-refractivity contribution >= 4 is 17.5 Å². The van der Waals surface area contributed by atoms with Crippen molar-refractivity contribution in [2.24, 2.45) is 0 Å². The van der Waals surface area contributed by atoms with Crippen molar-refractivity contribution in [1.29, 1.82) is 0 Å². The van der Waals surface area contributed by atoms with Crippen LogP contribution < -0.4 is 0 Å². The van der Waals surface area contributed by atoms with Crippen molar-refractivity contribution in [1.82, 2.24) is 0 Å². The molecule has 0 saturated carbocycles. The highest BCUT2D eigenvalue weighted by Crippen LogP contribution is 2.11. The smallest absolute Gasteiger partial charge is 0.377 e. The van der Waals surface area contributed by atoms with Gasteiger partial charge in [-0.2, -0.15) is 0 Å². The molecule has 1 aromatic carbocycles. The Kier molecular flexibility index (Phi) is 3.13. The van der Waals surface area contributed by atoms with Crippen LogP contribution in [0.1, 0.15) is 20.7 Å². The van der Waals surface area contributed by atoms with Gasteiger partial charge >= 0.3 is 5.97 Å². The molecular weight excluding hydrogens is 196 g/mol. The lowest BCUT2D eigenvalue weighted by Gasteiger charge is -2.02. The van der Waals surface area contributed by atoms with E-state index in [0.29, 0.717) is 0 Å². The average Bonchev–Trinajstić information content (AvgIpc) is 2.27. The van der Waals surface area contributed by atoms with Crippen LogP contribution in [-0.4, -0.2) is 22.6 Å². The molecular formula is C11H8O4. The summed E-state index contributed by atoms with van der Waals surface area (Å²) in [5.41, 5.74) is -0.0604. The average molecular weight is 204 g/mol. The Morgan fingerprint density at radius 1 is 1.13 bits per heavy atom. The first-order chi connectivity index (χ1) is 7.07. The third kappa shape index (κ3) is 2.17. The van der Waals surface area contributed by atoms with Gasteiger partial charge in [-0.05, 0) is 6.08 Å². The monoisotopic (exact) mass is 204 g/mol. The molecule has 0 spiro atoms. The minimum Gasteiger partial charge on any atom is -0.475 e. The molecule has 1 rings (SSSR count). The van der Waals surface area contributed by atoms with E-state index in [1.54, 1.807) is 6.07 Å². The van der Waals surface area contributed by atoms with E-state index in [-0.39, 0.29) is 11.1 Å². The van der Waals surface area contributed by atoms with Gasteiger partial charge in [0.25, 0.3) is 5.78 Å². The highest BCUT2D eigenvalue weighted by molar-refractivity contribution is 6.41. The Labute approximate surface area is 85.8 Å². The molecule has 0 aliphatic rings. The molecule has 4 heteroatoms. The fraction of sp³-hybridized carbons (Fsp3) is 0. The molecule has 0 fully saturated rings. The van der Waals surface area contributed by atoms with Crippen LogP contribution in [0.25, 0.3) is 0 Å². The first-order valence-corrected chi connectivity index (χ1v) is 4.11. The zero-order valence-corrected chi connectivity index (χ0v) is 7.77. The highest BCUT2D eigenvalue weighted by atomic mass is 16.4. The predicted octanol–water partition coefficient (Wildman–Crippen LogP) is 1.32. The summed E-state index contributed by atoms with van der Waals surface area (Å²) < 4.78 is 0. The van der Waals surface area contributed by atoms with E-state index >= 15 is 0 Å². The van der Waals surface area contributed by atoms with Crippen molar-refractivity contribution in [2.45, 2.75) is 0 Å². The Balaban J connectivity index is 3.29. The normalized spacial score (nSPS) is 9.33. The molecule has 0 saturated heterocycles. The molecule has 0 aromatic heterocycles. The van der Waals surface area contributed by atoms with Gasteiger partial charge in [0.1, 0.15) is 0 Å². The number of carbonyl (C=O) groups excluding carboxylic acids is 2. The molecule has 0 unspecified atom stereocenters. The summed E-state index contributed by atoms with van der Waals surface area (Å²) in [6, 6.07) is 5.73. The summed E-state index contributed by atoms with van der Waals surface area (Å²) >= 11 is 0. The maximum absolute atomic E-state index is 11.3. The van der Waals surface area contributed by atoms with E-state index in [1.165, 1.54) is 18.2 Å². The van der Waals surface area contributed by atoms with Crippen LogP contribution in [0.5, 0.6) is 0 Å². The zero-order valence-electron chi connectivity index (χ0n) is 7.77. The molecule has 0 aliphatic carbocycles. The molecule has 0 aliphatic heterocycles. The maximum Gasteiger partial charge on any atom is 0.377 e. The lowest BCUT2D eigenvalue weighted by molar-refractivity contribution is -0.131. The quantitative estimate of drug-likeness (QED) is 0.456. The third-order valence-electron chi connectivity index (χ3n) is 1.82. The zero-order chi connectivity index (χ0) is 11.4. The van der Waals surface area contributed by atoms with Gasteiger partial charge in [0.05, 0.1) is 0 Å². The number of aliphatic carboxylic acids is 1. The lowest BCUT2D eigenvalue weighted by atomic mass is 10.0. The molecule has 0 radical (unpaired) electrons. The first-order valence-electron chi connectivity index (χ1n) is 4.11. The summed E-state index contributed by atoms with van der Waals surface area (Å²) in [6.07, 6.45) is 1.04. The van der Waals surface area contributed by atoms with Gasteiger partial charge in [-0.1, -0.05) is 30.8 Å². The summed E-state index contributed by atoms with van der Waals surface area (Å²) in [5, 5.41) is 8.53. The number of carbonyl (C=O) groups is 3. The van der Waals surface area contributed by atoms with Crippen LogP contribution in [0, 0.1) is 0 Å². The van der Waals surface area contributed by atoms with Crippen molar-refractivity contribution in [3.63, 3.8) is 0 Å². The van der Waals surface area contributed by atoms with Crippen molar-refractivity contribution in [2.75, 3.05) is 0 Å². The Bertz CT molecular complexity index is 446. The topological polar surface area (TPSA) is 71.4 Å². The number of carboxylic acids is 1. The molecule has 1 N–H and O–H groups in total. The SMILES string of the molecule is C=CC(=O)c1ccccc1C(=O)C(=O)O. The van der Waals surface area contributed by atoms with E-state index in [0.717, 1.165) is 6.08 Å². The molecule has 0 atom stereocenters. The van der Waals surface area contributed by atoms with Gasteiger partial charge in [-0.3, -0.25) is 9.59 Å². The summed E-state index contributed by atoms with van der Waals surface area (Å²) in [7, 11) is 0. The van der Waals surface area contributed by atoms with Crippen molar-refractivity contribution < 1.29 is 19.5 Å². The number of Topliss-reactive ketones (excluding diaryl/α,β-unsaturated/α-hetero) is 1. The van der Waals surface area contributed by atoms with E-state index in [1.807, 2.05) is 0 Å². The Hall–Kier alpha value is -2.23. The Morgan fingerprint density at radius 2 is 1.67 bits per heavy atom. The van der Waals surface area contributed by atoms with E-state index in [9.17, 15) is 14.4 Å². The number of rotatable bonds is 4. The molecule has 76 valence electrons. The van der Waals surface area contributed by atoms with Crippen LogP contribution in [-0.2, 0) is 4.79 Å². The number of hydrogen-bond donors (Lipinski definition) is 1. The predicted molar refractivity (Wildman–Crippen MR) is 52.9 cm³/mol. The van der Waals surface area contributed by atoms with Gasteiger partial charge in [0.15, 0.2) is 5.78 Å².